The van der Waals surface area contributed by atoms with Crippen molar-refractivity contribution in [3.05, 3.63) is 33.9 Å². The minimum absolute atomic E-state index is 0.135. The highest BCUT2D eigenvalue weighted by atomic mass is 32.2. The molecule has 8 heteroatoms. The molecule has 0 radical (unpaired) electrons. The van der Waals surface area contributed by atoms with Gasteiger partial charge >= 0.3 is 5.51 Å². The zero-order chi connectivity index (χ0) is 13.9. The van der Waals surface area contributed by atoms with Gasteiger partial charge in [0.25, 0.3) is 5.69 Å². The van der Waals surface area contributed by atoms with Crippen molar-refractivity contribution >= 4 is 23.2 Å². The van der Waals surface area contributed by atoms with Crippen LogP contribution in [0.25, 0.3) is 0 Å². The van der Waals surface area contributed by atoms with E-state index in [0.29, 0.717) is 0 Å². The lowest BCUT2D eigenvalue weighted by atomic mass is 10.1. The molecule has 4 nitrogen and oxygen atoms in total. The number of hydrogen-bond acceptors (Lipinski definition) is 4. The molecule has 0 aliphatic rings. The molecule has 18 heavy (non-hydrogen) atoms. The zero-order valence-corrected chi connectivity index (χ0v) is 9.97. The Kier molecular flexibility index (Phi) is 4.33. The first kappa shape index (κ1) is 14.5. The molecule has 0 saturated carbocycles. The number of thioether (sulfide) groups is 1. The van der Waals surface area contributed by atoms with Gasteiger partial charge in [0, 0.05) is 23.4 Å². The molecular formula is C10H8F3NO3S. The number of halogens is 3. The molecule has 0 heterocycles. The molecule has 0 atom stereocenters. The molecule has 1 aromatic carbocycles. The number of rotatable bonds is 4. The van der Waals surface area contributed by atoms with Crippen LogP contribution in [0.5, 0.6) is 0 Å². The van der Waals surface area contributed by atoms with Gasteiger partial charge in [0.15, 0.2) is 0 Å². The predicted octanol–water partition coefficient (Wildman–Crippen LogP) is 3.34. The number of carbonyl (C=O) groups excluding carboxylic acids is 1. The van der Waals surface area contributed by atoms with Crippen LogP contribution in [0.1, 0.15) is 12.5 Å². The molecule has 0 spiro atoms. The Morgan fingerprint density at radius 3 is 2.50 bits per heavy atom. The molecule has 0 aliphatic carbocycles. The lowest BCUT2D eigenvalue weighted by molar-refractivity contribution is -0.385. The van der Waals surface area contributed by atoms with Crippen molar-refractivity contribution in [2.45, 2.75) is 23.7 Å². The van der Waals surface area contributed by atoms with Crippen LogP contribution in [0.15, 0.2) is 23.1 Å². The fourth-order valence-corrected chi connectivity index (χ4v) is 1.99. The first-order valence-electron chi connectivity index (χ1n) is 4.71. The van der Waals surface area contributed by atoms with Crippen LogP contribution >= 0.6 is 11.8 Å². The molecular weight excluding hydrogens is 271 g/mol. The van der Waals surface area contributed by atoms with E-state index in [1.54, 1.807) is 0 Å². The Hall–Kier alpha value is -1.57. The van der Waals surface area contributed by atoms with Gasteiger partial charge < -0.3 is 0 Å². The van der Waals surface area contributed by atoms with E-state index in [0.717, 1.165) is 12.1 Å². The number of hydrogen-bond donors (Lipinski definition) is 0. The van der Waals surface area contributed by atoms with E-state index in [1.807, 2.05) is 0 Å². The fraction of sp³-hybridized carbons (Fsp3) is 0.300. The maximum Gasteiger partial charge on any atom is 0.446 e. The van der Waals surface area contributed by atoms with Crippen molar-refractivity contribution in [2.24, 2.45) is 0 Å². The first-order chi connectivity index (χ1) is 8.19. The van der Waals surface area contributed by atoms with Crippen LogP contribution < -0.4 is 0 Å². The summed E-state index contributed by atoms with van der Waals surface area (Å²) in [5.74, 6) is -0.312. The number of carbonyl (C=O) groups is 1. The lowest BCUT2D eigenvalue weighted by Crippen LogP contribution is -2.04. The van der Waals surface area contributed by atoms with Gasteiger partial charge in [-0.3, -0.25) is 14.9 Å². The van der Waals surface area contributed by atoms with E-state index < -0.39 is 27.9 Å². The van der Waals surface area contributed by atoms with Gasteiger partial charge in [-0.25, -0.2) is 0 Å². The summed E-state index contributed by atoms with van der Waals surface area (Å²) in [4.78, 5) is 20.3. The van der Waals surface area contributed by atoms with E-state index in [9.17, 15) is 28.1 Å². The third-order valence-electron chi connectivity index (χ3n) is 1.93. The molecule has 0 aromatic heterocycles. The standard InChI is InChI=1S/C10H8F3NO3S/c1-6(15)4-7-2-3-8(14(16)17)5-9(7)18-10(11,12)13/h2-3,5H,4H2,1H3. The van der Waals surface area contributed by atoms with E-state index in [1.165, 1.54) is 13.0 Å². The van der Waals surface area contributed by atoms with Crippen molar-refractivity contribution < 1.29 is 22.9 Å². The third kappa shape index (κ3) is 4.36. The lowest BCUT2D eigenvalue weighted by Gasteiger charge is -2.09. The van der Waals surface area contributed by atoms with Crippen molar-refractivity contribution in [3.8, 4) is 0 Å². The Morgan fingerprint density at radius 1 is 1.44 bits per heavy atom. The maximum absolute atomic E-state index is 12.3. The highest BCUT2D eigenvalue weighted by Crippen LogP contribution is 2.40. The van der Waals surface area contributed by atoms with Crippen LogP contribution in [0.2, 0.25) is 0 Å². The largest absolute Gasteiger partial charge is 0.446 e. The summed E-state index contributed by atoms with van der Waals surface area (Å²) in [6, 6.07) is 3.09. The fourth-order valence-electron chi connectivity index (χ4n) is 1.29. The smallest absolute Gasteiger partial charge is 0.300 e. The number of nitrogens with zero attached hydrogens (tertiary/aromatic N) is 1. The molecule has 0 saturated heterocycles. The minimum atomic E-state index is -4.55. The second-order valence-electron chi connectivity index (χ2n) is 3.48. The summed E-state index contributed by atoms with van der Waals surface area (Å²) < 4.78 is 36.9. The molecule has 0 amide bonds. The van der Waals surface area contributed by atoms with Gasteiger partial charge in [-0.2, -0.15) is 13.2 Å². The summed E-state index contributed by atoms with van der Waals surface area (Å²) in [5.41, 5.74) is -4.86. The van der Waals surface area contributed by atoms with Gasteiger partial charge in [-0.15, -0.1) is 0 Å². The number of non-ortho nitro benzene ring substituents is 1. The molecule has 0 bridgehead atoms. The summed E-state index contributed by atoms with van der Waals surface area (Å²) in [6.45, 7) is 1.24. The zero-order valence-electron chi connectivity index (χ0n) is 9.15. The van der Waals surface area contributed by atoms with E-state index in [4.69, 9.17) is 0 Å². The normalized spacial score (nSPS) is 11.3. The Balaban J connectivity index is 3.17. The van der Waals surface area contributed by atoms with Gasteiger partial charge in [0.2, 0.25) is 0 Å². The summed E-state index contributed by atoms with van der Waals surface area (Å²) in [7, 11) is 0. The molecule has 0 N–H and O–H groups in total. The Morgan fingerprint density at radius 2 is 2.06 bits per heavy atom. The van der Waals surface area contributed by atoms with Crippen LogP contribution in [-0.4, -0.2) is 16.2 Å². The highest BCUT2D eigenvalue weighted by Gasteiger charge is 2.31. The van der Waals surface area contributed by atoms with Gasteiger partial charge in [-0.05, 0) is 24.2 Å². The van der Waals surface area contributed by atoms with Crippen molar-refractivity contribution in [3.63, 3.8) is 0 Å². The van der Waals surface area contributed by atoms with Crippen LogP contribution in [0, 0.1) is 10.1 Å². The van der Waals surface area contributed by atoms with Crippen LogP contribution in [0.4, 0.5) is 18.9 Å². The molecule has 1 rings (SSSR count). The van der Waals surface area contributed by atoms with Gasteiger partial charge in [-0.1, -0.05) is 6.07 Å². The Bertz CT molecular complexity index is 488. The van der Waals surface area contributed by atoms with Gasteiger partial charge in [0.1, 0.15) is 5.78 Å². The number of nitro groups is 1. The van der Waals surface area contributed by atoms with Crippen LogP contribution in [-0.2, 0) is 11.2 Å². The summed E-state index contributed by atoms with van der Waals surface area (Å²) in [6.07, 6.45) is -0.184. The predicted molar refractivity (Wildman–Crippen MR) is 59.4 cm³/mol. The summed E-state index contributed by atoms with van der Waals surface area (Å²) in [5, 5.41) is 10.5. The monoisotopic (exact) mass is 279 g/mol. The summed E-state index contributed by atoms with van der Waals surface area (Å²) >= 11 is -0.456. The molecule has 0 fully saturated rings. The van der Waals surface area contributed by atoms with E-state index in [2.05, 4.69) is 0 Å². The van der Waals surface area contributed by atoms with Crippen LogP contribution in [0.3, 0.4) is 0 Å². The average molecular weight is 279 g/mol. The van der Waals surface area contributed by atoms with Crippen molar-refractivity contribution in [1.29, 1.82) is 0 Å². The Labute approximate surface area is 104 Å². The number of ketones is 1. The third-order valence-corrected chi connectivity index (χ3v) is 2.76. The molecule has 0 unspecified atom stereocenters. The first-order valence-corrected chi connectivity index (χ1v) is 5.53. The van der Waals surface area contributed by atoms with Crippen molar-refractivity contribution in [2.75, 3.05) is 0 Å². The average Bonchev–Trinajstić information content (AvgIpc) is 2.17. The minimum Gasteiger partial charge on any atom is -0.300 e. The molecule has 98 valence electrons. The van der Waals surface area contributed by atoms with E-state index >= 15 is 0 Å². The number of nitro benzene ring substituents is 1. The molecule has 0 aliphatic heterocycles. The highest BCUT2D eigenvalue weighted by molar-refractivity contribution is 8.00. The number of Topliss-reactive ketones (excluding diaryl/α,β-unsaturated/α-hetero) is 1. The number of alkyl halides is 3. The second kappa shape index (κ2) is 5.38. The SMILES string of the molecule is CC(=O)Cc1ccc([N+](=O)[O-])cc1SC(F)(F)F. The topological polar surface area (TPSA) is 60.2 Å². The second-order valence-corrected chi connectivity index (χ2v) is 4.58. The molecule has 1 aromatic rings. The van der Waals surface area contributed by atoms with E-state index in [-0.39, 0.29) is 22.7 Å². The van der Waals surface area contributed by atoms with Gasteiger partial charge in [0.05, 0.1) is 4.92 Å². The number of benzene rings is 1. The maximum atomic E-state index is 12.3. The quantitative estimate of drug-likeness (QED) is 0.482. The van der Waals surface area contributed by atoms with Crippen molar-refractivity contribution in [1.82, 2.24) is 0 Å².